The first-order valence-electron chi connectivity index (χ1n) is 9.38. The average molecular weight is 418 g/mol. The molecule has 7 heteroatoms. The van der Waals surface area contributed by atoms with Gasteiger partial charge in [-0.25, -0.2) is 0 Å². The van der Waals surface area contributed by atoms with Crippen molar-refractivity contribution in [1.82, 2.24) is 10.3 Å². The van der Waals surface area contributed by atoms with E-state index in [1.54, 1.807) is 26.1 Å². The van der Waals surface area contributed by atoms with Crippen molar-refractivity contribution in [1.29, 1.82) is 0 Å². The fourth-order valence-corrected chi connectivity index (χ4v) is 3.44. The number of hydrogen-bond acceptors (Lipinski definition) is 3. The normalized spacial score (nSPS) is 11.3. The van der Waals surface area contributed by atoms with Crippen LogP contribution in [0.1, 0.15) is 53.5 Å². The van der Waals surface area contributed by atoms with Crippen molar-refractivity contribution in [2.75, 3.05) is 11.9 Å². The molecule has 0 atom stereocenters. The van der Waals surface area contributed by atoms with Gasteiger partial charge in [0.1, 0.15) is 0 Å². The Balaban J connectivity index is 2.33. The number of halogens is 1. The van der Waals surface area contributed by atoms with Crippen LogP contribution in [0.4, 0.5) is 5.69 Å². The van der Waals surface area contributed by atoms with Crippen molar-refractivity contribution in [3.63, 3.8) is 0 Å². The second kappa shape index (κ2) is 8.41. The Hall–Kier alpha value is -2.60. The number of nitrogens with zero attached hydrogens (tertiary/aromatic N) is 1. The van der Waals surface area contributed by atoms with Crippen molar-refractivity contribution in [2.45, 2.75) is 48.1 Å². The lowest BCUT2D eigenvalue weighted by atomic mass is 9.94. The van der Waals surface area contributed by atoms with Gasteiger partial charge in [0.05, 0.1) is 0 Å². The molecule has 0 aliphatic heterocycles. The molecule has 0 saturated carbocycles. The molecule has 1 heterocycles. The summed E-state index contributed by atoms with van der Waals surface area (Å²) in [6.07, 6.45) is 0. The van der Waals surface area contributed by atoms with E-state index in [1.807, 2.05) is 40.7 Å². The Labute approximate surface area is 176 Å². The monoisotopic (exact) mass is 417 g/mol. The average Bonchev–Trinajstić information content (AvgIpc) is 2.60. The van der Waals surface area contributed by atoms with Crippen LogP contribution in [-0.2, 0) is 11.3 Å². The van der Waals surface area contributed by atoms with E-state index in [-0.39, 0.29) is 23.9 Å². The molecule has 0 unspecified atom stereocenters. The summed E-state index contributed by atoms with van der Waals surface area (Å²) in [5.41, 5.74) is 2.87. The molecule has 29 heavy (non-hydrogen) atoms. The first-order valence-corrected chi connectivity index (χ1v) is 9.76. The summed E-state index contributed by atoms with van der Waals surface area (Å²) < 4.78 is 0. The highest BCUT2D eigenvalue weighted by Gasteiger charge is 2.28. The third-order valence-corrected chi connectivity index (χ3v) is 5.04. The van der Waals surface area contributed by atoms with Gasteiger partial charge in [0.2, 0.25) is 5.91 Å². The second-order valence-corrected chi connectivity index (χ2v) is 8.77. The van der Waals surface area contributed by atoms with Gasteiger partial charge in [-0.15, -0.1) is 0 Å². The molecule has 0 fully saturated rings. The number of nitrogens with one attached hydrogen (secondary N) is 2. The molecular formula is C22H28ClN3O3. The van der Waals surface area contributed by atoms with Crippen molar-refractivity contribution in [2.24, 2.45) is 5.41 Å². The molecule has 2 rings (SSSR count). The standard InChI is InChI=1S/C22H28ClN3O3/c1-12-8-13(2)25-20(28)17(12)11-24-19(27)16-9-15(23)10-18(14(16)3)26(7)21(29)22(4,5)6/h8-10H,11H2,1-7H3,(H,24,27)(H,25,28). The molecule has 0 saturated heterocycles. The van der Waals surface area contributed by atoms with E-state index in [1.165, 1.54) is 4.90 Å². The molecule has 2 N–H and O–H groups in total. The van der Waals surface area contributed by atoms with E-state index in [2.05, 4.69) is 10.3 Å². The Kier molecular flexibility index (Phi) is 6.58. The quantitative estimate of drug-likeness (QED) is 0.791. The van der Waals surface area contributed by atoms with Crippen molar-refractivity contribution >= 4 is 29.1 Å². The molecule has 2 amide bonds. The van der Waals surface area contributed by atoms with Crippen LogP contribution in [0.15, 0.2) is 23.0 Å². The number of anilines is 1. The van der Waals surface area contributed by atoms with Crippen LogP contribution in [0.25, 0.3) is 0 Å². The highest BCUT2D eigenvalue weighted by molar-refractivity contribution is 6.31. The van der Waals surface area contributed by atoms with E-state index in [4.69, 9.17) is 11.6 Å². The molecule has 0 aliphatic carbocycles. The van der Waals surface area contributed by atoms with E-state index in [0.717, 1.165) is 11.3 Å². The van der Waals surface area contributed by atoms with Crippen LogP contribution in [0.5, 0.6) is 0 Å². The van der Waals surface area contributed by atoms with Crippen molar-refractivity contribution in [3.05, 3.63) is 61.5 Å². The number of aryl methyl sites for hydroxylation is 2. The zero-order chi connectivity index (χ0) is 22.1. The summed E-state index contributed by atoms with van der Waals surface area (Å²) in [5, 5.41) is 3.14. The molecule has 0 radical (unpaired) electrons. The number of H-pyrrole nitrogens is 1. The Morgan fingerprint density at radius 1 is 1.14 bits per heavy atom. The molecule has 0 bridgehead atoms. The Morgan fingerprint density at radius 3 is 2.31 bits per heavy atom. The number of aromatic nitrogens is 1. The van der Waals surface area contributed by atoms with Gasteiger partial charge in [-0.1, -0.05) is 32.4 Å². The molecule has 0 aliphatic rings. The molecule has 1 aromatic heterocycles. The zero-order valence-electron chi connectivity index (χ0n) is 18.0. The zero-order valence-corrected chi connectivity index (χ0v) is 18.7. The summed E-state index contributed by atoms with van der Waals surface area (Å²) in [5.74, 6) is -0.446. The van der Waals surface area contributed by atoms with E-state index < -0.39 is 5.41 Å². The van der Waals surface area contributed by atoms with Gasteiger partial charge in [0.25, 0.3) is 11.5 Å². The van der Waals surface area contributed by atoms with Crippen LogP contribution in [0.2, 0.25) is 5.02 Å². The van der Waals surface area contributed by atoms with Crippen LogP contribution in [0.3, 0.4) is 0 Å². The van der Waals surface area contributed by atoms with Gasteiger partial charge in [-0.05, 0) is 50.1 Å². The van der Waals surface area contributed by atoms with Gasteiger partial charge in [0.15, 0.2) is 0 Å². The minimum Gasteiger partial charge on any atom is -0.348 e. The molecular weight excluding hydrogens is 390 g/mol. The highest BCUT2D eigenvalue weighted by atomic mass is 35.5. The number of hydrogen-bond donors (Lipinski definition) is 2. The highest BCUT2D eigenvalue weighted by Crippen LogP contribution is 2.30. The third kappa shape index (κ3) is 5.07. The van der Waals surface area contributed by atoms with Crippen molar-refractivity contribution in [3.8, 4) is 0 Å². The molecule has 1 aromatic carbocycles. The lowest BCUT2D eigenvalue weighted by molar-refractivity contribution is -0.125. The first kappa shape index (κ1) is 22.7. The largest absolute Gasteiger partial charge is 0.348 e. The lowest BCUT2D eigenvalue weighted by Crippen LogP contribution is -2.37. The van der Waals surface area contributed by atoms with E-state index in [0.29, 0.717) is 27.4 Å². The maximum atomic E-state index is 12.8. The SMILES string of the molecule is Cc1cc(C)c(CNC(=O)c2cc(Cl)cc(N(C)C(=O)C(C)(C)C)c2C)c(=O)[nH]1. The maximum Gasteiger partial charge on any atom is 0.253 e. The van der Waals surface area contributed by atoms with E-state index in [9.17, 15) is 14.4 Å². The minimum absolute atomic E-state index is 0.0870. The number of carbonyl (C=O) groups excluding carboxylic acids is 2. The number of benzene rings is 1. The summed E-state index contributed by atoms with van der Waals surface area (Å²) in [7, 11) is 1.67. The van der Waals surface area contributed by atoms with Crippen LogP contribution < -0.4 is 15.8 Å². The van der Waals surface area contributed by atoms with Gasteiger partial charge in [-0.3, -0.25) is 14.4 Å². The molecule has 2 aromatic rings. The smallest absolute Gasteiger partial charge is 0.253 e. The fourth-order valence-electron chi connectivity index (χ4n) is 3.23. The Bertz CT molecular complexity index is 1020. The first-order chi connectivity index (χ1) is 13.3. The molecule has 0 spiro atoms. The predicted octanol–water partition coefficient (Wildman–Crippen LogP) is 3.89. The van der Waals surface area contributed by atoms with Gasteiger partial charge >= 0.3 is 0 Å². The lowest BCUT2D eigenvalue weighted by Gasteiger charge is -2.28. The topological polar surface area (TPSA) is 82.3 Å². The van der Waals surface area contributed by atoms with E-state index >= 15 is 0 Å². The van der Waals surface area contributed by atoms with Gasteiger partial charge in [-0.2, -0.15) is 0 Å². The number of pyridine rings is 1. The number of carbonyl (C=O) groups is 2. The number of amides is 2. The Morgan fingerprint density at radius 2 is 1.76 bits per heavy atom. The summed E-state index contributed by atoms with van der Waals surface area (Å²) in [6.45, 7) is 11.0. The summed E-state index contributed by atoms with van der Waals surface area (Å²) in [4.78, 5) is 41.9. The van der Waals surface area contributed by atoms with Gasteiger partial charge < -0.3 is 15.2 Å². The van der Waals surface area contributed by atoms with Crippen LogP contribution >= 0.6 is 11.6 Å². The second-order valence-electron chi connectivity index (χ2n) is 8.34. The summed E-state index contributed by atoms with van der Waals surface area (Å²) >= 11 is 6.24. The summed E-state index contributed by atoms with van der Waals surface area (Å²) in [6, 6.07) is 5.10. The predicted molar refractivity (Wildman–Crippen MR) is 117 cm³/mol. The molecule has 156 valence electrons. The third-order valence-electron chi connectivity index (χ3n) is 4.82. The van der Waals surface area contributed by atoms with Gasteiger partial charge in [0, 0.05) is 46.5 Å². The minimum atomic E-state index is -0.573. The van der Waals surface area contributed by atoms with Crippen LogP contribution in [0, 0.1) is 26.2 Å². The van der Waals surface area contributed by atoms with Crippen molar-refractivity contribution < 1.29 is 9.59 Å². The fraction of sp³-hybridized carbons (Fsp3) is 0.409. The number of rotatable bonds is 4. The number of aromatic amines is 1. The maximum absolute atomic E-state index is 12.8. The van der Waals surface area contributed by atoms with Crippen LogP contribution in [-0.4, -0.2) is 23.8 Å². The molecule has 6 nitrogen and oxygen atoms in total.